The highest BCUT2D eigenvalue weighted by Crippen LogP contribution is 2.41. The number of nitrogens with zero attached hydrogens (tertiary/aromatic N) is 2. The Labute approximate surface area is 161 Å². The van der Waals surface area contributed by atoms with E-state index in [9.17, 15) is 4.79 Å². The summed E-state index contributed by atoms with van der Waals surface area (Å²) in [4.78, 5) is 17.7. The molecule has 3 rings (SSSR count). The van der Waals surface area contributed by atoms with Crippen molar-refractivity contribution in [2.24, 2.45) is 0 Å². The van der Waals surface area contributed by atoms with Crippen LogP contribution in [0.5, 0.6) is 0 Å². The molecule has 1 heterocycles. The van der Waals surface area contributed by atoms with Crippen molar-refractivity contribution in [1.82, 2.24) is 9.55 Å². The number of rotatable bonds is 6. The van der Waals surface area contributed by atoms with Crippen LogP contribution in [0.1, 0.15) is 68.1 Å². The second kappa shape index (κ2) is 8.12. The van der Waals surface area contributed by atoms with Crippen molar-refractivity contribution in [3.05, 3.63) is 53.4 Å². The van der Waals surface area contributed by atoms with E-state index in [0.717, 1.165) is 29.9 Å². The van der Waals surface area contributed by atoms with Crippen molar-refractivity contribution in [2.45, 2.75) is 51.9 Å². The number of fused-ring (bicyclic) bond motifs is 1. The van der Waals surface area contributed by atoms with E-state index in [1.165, 1.54) is 5.57 Å². The Morgan fingerprint density at radius 2 is 2.00 bits per heavy atom. The fourth-order valence-corrected chi connectivity index (χ4v) is 3.90. The largest absolute Gasteiger partial charge is 0.325 e. The molecule has 0 aliphatic heterocycles. The zero-order chi connectivity index (χ0) is 18.7. The maximum absolute atomic E-state index is 12.9. The number of benzene rings is 1. The van der Waals surface area contributed by atoms with Crippen molar-refractivity contribution >= 4 is 30.2 Å². The lowest BCUT2D eigenvalue weighted by molar-refractivity contribution is 0.0909. The topological polar surface area (TPSA) is 46.9 Å². The molecule has 0 saturated heterocycles. The number of thiol groups is 1. The molecule has 1 aromatic carbocycles. The van der Waals surface area contributed by atoms with Gasteiger partial charge in [0.2, 0.25) is 11.9 Å². The van der Waals surface area contributed by atoms with Gasteiger partial charge in [-0.15, -0.1) is 0 Å². The standard InChI is InChI=1S/C21H27N3OS/c1-4-8-16-13-14(2)20-19(15(16)3)23-21(24(20)18(25)11-12-26)22-17-9-6-5-7-10-17/h5-7,9-10,13-15,26H,4,8,11-12H2,1-3H3,(H,22,23). The number of allylic oxidation sites excluding steroid dienone is 2. The summed E-state index contributed by atoms with van der Waals surface area (Å²) < 4.78 is 1.78. The van der Waals surface area contributed by atoms with Gasteiger partial charge >= 0.3 is 0 Å². The summed E-state index contributed by atoms with van der Waals surface area (Å²) in [6, 6.07) is 9.87. The summed E-state index contributed by atoms with van der Waals surface area (Å²) in [5.74, 6) is 1.58. The second-order valence-corrected chi connectivity index (χ2v) is 7.35. The molecule has 1 N–H and O–H groups in total. The second-order valence-electron chi connectivity index (χ2n) is 6.90. The summed E-state index contributed by atoms with van der Waals surface area (Å²) in [7, 11) is 0. The highest BCUT2D eigenvalue weighted by molar-refractivity contribution is 7.80. The average Bonchev–Trinajstić information content (AvgIpc) is 3.01. The summed E-state index contributed by atoms with van der Waals surface area (Å²) in [6.45, 7) is 6.54. The fraction of sp³-hybridized carbons (Fsp3) is 0.429. The molecule has 0 amide bonds. The van der Waals surface area contributed by atoms with E-state index in [0.29, 0.717) is 18.1 Å². The van der Waals surface area contributed by atoms with Crippen molar-refractivity contribution in [2.75, 3.05) is 11.1 Å². The number of anilines is 2. The number of imidazole rings is 1. The van der Waals surface area contributed by atoms with E-state index in [-0.39, 0.29) is 17.7 Å². The third-order valence-corrected chi connectivity index (χ3v) is 5.17. The Bertz CT molecular complexity index is 810. The highest BCUT2D eigenvalue weighted by Gasteiger charge is 2.32. The molecule has 0 bridgehead atoms. The molecular formula is C21H27N3OS. The van der Waals surface area contributed by atoms with Gasteiger partial charge in [0.1, 0.15) is 0 Å². The Kier molecular flexibility index (Phi) is 5.87. The van der Waals surface area contributed by atoms with Crippen molar-refractivity contribution in [3.8, 4) is 0 Å². The van der Waals surface area contributed by atoms with Gasteiger partial charge in [-0.2, -0.15) is 12.6 Å². The minimum absolute atomic E-state index is 0.0403. The maximum atomic E-state index is 12.9. The molecule has 26 heavy (non-hydrogen) atoms. The van der Waals surface area contributed by atoms with Crippen LogP contribution in [-0.2, 0) is 0 Å². The zero-order valence-electron chi connectivity index (χ0n) is 15.7. The van der Waals surface area contributed by atoms with Crippen LogP contribution >= 0.6 is 12.6 Å². The maximum Gasteiger partial charge on any atom is 0.234 e. The molecule has 0 spiro atoms. The number of hydrogen-bond donors (Lipinski definition) is 2. The first kappa shape index (κ1) is 18.8. The zero-order valence-corrected chi connectivity index (χ0v) is 16.6. The van der Waals surface area contributed by atoms with Gasteiger partial charge in [-0.25, -0.2) is 4.98 Å². The molecule has 1 aliphatic carbocycles. The van der Waals surface area contributed by atoms with Crippen LogP contribution in [0.25, 0.3) is 0 Å². The first-order chi connectivity index (χ1) is 12.6. The molecule has 0 fully saturated rings. The number of carbonyl (C=O) groups is 1. The Morgan fingerprint density at radius 1 is 1.27 bits per heavy atom. The Balaban J connectivity index is 2.07. The summed E-state index contributed by atoms with van der Waals surface area (Å²) in [5.41, 5.74) is 4.39. The number of hydrogen-bond acceptors (Lipinski definition) is 4. The van der Waals surface area contributed by atoms with Gasteiger partial charge in [0.05, 0.1) is 11.4 Å². The lowest BCUT2D eigenvalue weighted by Gasteiger charge is -2.25. The Morgan fingerprint density at radius 3 is 2.65 bits per heavy atom. The summed E-state index contributed by atoms with van der Waals surface area (Å²) in [5, 5.41) is 3.34. The van der Waals surface area contributed by atoms with E-state index < -0.39 is 0 Å². The highest BCUT2D eigenvalue weighted by atomic mass is 32.1. The van der Waals surface area contributed by atoms with E-state index in [2.05, 4.69) is 44.8 Å². The lowest BCUT2D eigenvalue weighted by atomic mass is 9.83. The SMILES string of the molecule is CCCC1=CC(C)c2c(nc(Nc3ccccc3)n2C(=O)CCS)C1C. The predicted octanol–water partition coefficient (Wildman–Crippen LogP) is 5.53. The van der Waals surface area contributed by atoms with E-state index in [4.69, 9.17) is 4.98 Å². The van der Waals surface area contributed by atoms with Crippen LogP contribution in [0.2, 0.25) is 0 Å². The molecule has 2 unspecified atom stereocenters. The molecule has 0 saturated carbocycles. The van der Waals surface area contributed by atoms with Gasteiger partial charge in [0, 0.05) is 23.9 Å². The van der Waals surface area contributed by atoms with Crippen LogP contribution < -0.4 is 5.32 Å². The van der Waals surface area contributed by atoms with E-state index in [1.54, 1.807) is 4.57 Å². The quantitative estimate of drug-likeness (QED) is 0.519. The molecule has 1 aliphatic rings. The van der Waals surface area contributed by atoms with Crippen LogP contribution in [0.3, 0.4) is 0 Å². The summed E-state index contributed by atoms with van der Waals surface area (Å²) >= 11 is 4.25. The van der Waals surface area contributed by atoms with Gasteiger partial charge < -0.3 is 5.32 Å². The number of aromatic nitrogens is 2. The van der Waals surface area contributed by atoms with Gasteiger partial charge in [0.25, 0.3) is 0 Å². The average molecular weight is 370 g/mol. The van der Waals surface area contributed by atoms with E-state index >= 15 is 0 Å². The fourth-order valence-electron chi connectivity index (χ4n) is 3.71. The first-order valence-corrected chi connectivity index (χ1v) is 9.99. The minimum atomic E-state index is 0.0403. The molecule has 4 nitrogen and oxygen atoms in total. The molecule has 0 radical (unpaired) electrons. The molecule has 2 atom stereocenters. The summed E-state index contributed by atoms with van der Waals surface area (Å²) in [6.07, 6.45) is 4.90. The van der Waals surface area contributed by atoms with E-state index in [1.807, 2.05) is 30.3 Å². The Hall–Kier alpha value is -2.01. The number of carbonyl (C=O) groups excluding carboxylic acids is 1. The van der Waals surface area contributed by atoms with Gasteiger partial charge in [-0.3, -0.25) is 9.36 Å². The van der Waals surface area contributed by atoms with Crippen molar-refractivity contribution in [1.29, 1.82) is 0 Å². The number of para-hydroxylation sites is 1. The predicted molar refractivity (Wildman–Crippen MR) is 111 cm³/mol. The van der Waals surface area contributed by atoms with Crippen molar-refractivity contribution < 1.29 is 4.79 Å². The van der Waals surface area contributed by atoms with Crippen LogP contribution in [0.15, 0.2) is 42.0 Å². The minimum Gasteiger partial charge on any atom is -0.325 e. The van der Waals surface area contributed by atoms with Crippen LogP contribution in [0, 0.1) is 0 Å². The number of nitrogens with one attached hydrogen (secondary N) is 1. The monoisotopic (exact) mass is 369 g/mol. The van der Waals surface area contributed by atoms with Gasteiger partial charge in [-0.05, 0) is 24.3 Å². The normalized spacial score (nSPS) is 19.0. The lowest BCUT2D eigenvalue weighted by Crippen LogP contribution is -2.20. The van der Waals surface area contributed by atoms with Crippen molar-refractivity contribution in [3.63, 3.8) is 0 Å². The van der Waals surface area contributed by atoms with Crippen LogP contribution in [-0.4, -0.2) is 21.2 Å². The first-order valence-electron chi connectivity index (χ1n) is 9.36. The van der Waals surface area contributed by atoms with Crippen LogP contribution in [0.4, 0.5) is 11.6 Å². The third-order valence-electron chi connectivity index (χ3n) is 4.95. The molecule has 1 aromatic heterocycles. The molecule has 5 heteroatoms. The van der Waals surface area contributed by atoms with Gasteiger partial charge in [0.15, 0.2) is 0 Å². The third kappa shape index (κ3) is 3.58. The smallest absolute Gasteiger partial charge is 0.234 e. The molecule has 2 aromatic rings. The van der Waals surface area contributed by atoms with Gasteiger partial charge in [-0.1, -0.05) is 57.0 Å². The molecular weight excluding hydrogens is 342 g/mol. The molecule has 138 valence electrons.